The number of nitrogens with zero attached hydrogens (tertiary/aromatic N) is 2. The third-order valence-electron chi connectivity index (χ3n) is 6.37. The molecule has 0 saturated carbocycles. The number of sulfonamides is 1. The molecule has 3 rings (SSSR count). The first-order chi connectivity index (χ1) is 19.4. The van der Waals surface area contributed by atoms with Gasteiger partial charge in [0.15, 0.2) is 0 Å². The highest BCUT2D eigenvalue weighted by atomic mass is 32.2. The summed E-state index contributed by atoms with van der Waals surface area (Å²) < 4.78 is 83.1. The first kappa shape index (κ1) is 31.6. The monoisotopic (exact) mass is 593 g/mol. The molecule has 3 aromatic carbocycles. The van der Waals surface area contributed by atoms with E-state index in [-0.39, 0.29) is 17.0 Å². The zero-order valence-corrected chi connectivity index (χ0v) is 23.4. The third-order valence-corrected chi connectivity index (χ3v) is 8.15. The number of rotatable bonds is 12. The van der Waals surface area contributed by atoms with Gasteiger partial charge in [-0.1, -0.05) is 55.8 Å². The lowest BCUT2D eigenvalue weighted by Crippen LogP contribution is -2.51. The molecule has 3 aromatic rings. The van der Waals surface area contributed by atoms with Crippen molar-refractivity contribution >= 4 is 27.5 Å². The summed E-state index contributed by atoms with van der Waals surface area (Å²) in [7, 11) is -4.55. The molecular formula is C29H31F4N3O4S. The lowest BCUT2D eigenvalue weighted by atomic mass is 10.1. The topological polar surface area (TPSA) is 86.8 Å². The number of halogens is 4. The van der Waals surface area contributed by atoms with Gasteiger partial charge >= 0.3 is 6.18 Å². The van der Waals surface area contributed by atoms with E-state index in [0.717, 1.165) is 29.5 Å². The Bertz CT molecular complexity index is 1450. The van der Waals surface area contributed by atoms with E-state index in [1.54, 1.807) is 12.1 Å². The molecule has 0 fully saturated rings. The summed E-state index contributed by atoms with van der Waals surface area (Å²) in [4.78, 5) is 27.4. The van der Waals surface area contributed by atoms with Gasteiger partial charge in [-0.15, -0.1) is 0 Å². The molecular weight excluding hydrogens is 562 g/mol. The van der Waals surface area contributed by atoms with Gasteiger partial charge in [0.25, 0.3) is 10.0 Å². The first-order valence-electron chi connectivity index (χ1n) is 12.9. The highest BCUT2D eigenvalue weighted by Gasteiger charge is 2.35. The van der Waals surface area contributed by atoms with E-state index in [2.05, 4.69) is 5.32 Å². The summed E-state index contributed by atoms with van der Waals surface area (Å²) in [5.41, 5.74) is -1.43. The molecule has 220 valence electrons. The Morgan fingerprint density at radius 3 is 2.24 bits per heavy atom. The van der Waals surface area contributed by atoms with Crippen LogP contribution >= 0.6 is 0 Å². The molecule has 0 saturated heterocycles. The summed E-state index contributed by atoms with van der Waals surface area (Å²) >= 11 is 0. The van der Waals surface area contributed by atoms with Crippen molar-refractivity contribution in [3.05, 3.63) is 95.8 Å². The van der Waals surface area contributed by atoms with Crippen LogP contribution in [-0.4, -0.2) is 44.3 Å². The van der Waals surface area contributed by atoms with Crippen LogP contribution in [-0.2, 0) is 32.3 Å². The fourth-order valence-corrected chi connectivity index (χ4v) is 5.44. The van der Waals surface area contributed by atoms with Gasteiger partial charge in [-0.25, -0.2) is 12.8 Å². The number of hydrogen-bond donors (Lipinski definition) is 1. The van der Waals surface area contributed by atoms with Gasteiger partial charge in [-0.05, 0) is 49.7 Å². The molecule has 0 aliphatic heterocycles. The van der Waals surface area contributed by atoms with Crippen molar-refractivity contribution in [1.29, 1.82) is 0 Å². The minimum Gasteiger partial charge on any atom is -0.354 e. The minimum atomic E-state index is -4.77. The Hall–Kier alpha value is -3.93. The number of unbranched alkanes of at least 4 members (excludes halogenated alkanes) is 1. The summed E-state index contributed by atoms with van der Waals surface area (Å²) in [6.07, 6.45) is -3.29. The maximum absolute atomic E-state index is 14.6. The number of carbonyl (C=O) groups is 2. The van der Waals surface area contributed by atoms with Crippen LogP contribution in [0.2, 0.25) is 0 Å². The largest absolute Gasteiger partial charge is 0.416 e. The summed E-state index contributed by atoms with van der Waals surface area (Å²) in [6, 6.07) is 15.0. The van der Waals surface area contributed by atoms with Crippen LogP contribution in [0.1, 0.15) is 37.8 Å². The quantitative estimate of drug-likeness (QED) is 0.226. The van der Waals surface area contributed by atoms with Crippen molar-refractivity contribution in [2.75, 3.05) is 17.4 Å². The standard InChI is InChI=1S/C29H31F4N3O4S/c1-3-4-17-34-28(38)21(2)35(19-22-11-8-9-16-26(22)30)27(37)20-36(41(39,40)25-14-6-5-7-15-25)24-13-10-12-23(18-24)29(31,32)33/h5-16,18,21H,3-4,17,19-20H2,1-2H3,(H,34,38). The van der Waals surface area contributed by atoms with E-state index in [9.17, 15) is 35.6 Å². The molecule has 1 unspecified atom stereocenters. The van der Waals surface area contributed by atoms with Crippen molar-refractivity contribution in [3.8, 4) is 0 Å². The predicted octanol–water partition coefficient (Wildman–Crippen LogP) is 5.37. The van der Waals surface area contributed by atoms with Crippen LogP contribution in [0.3, 0.4) is 0 Å². The molecule has 2 amide bonds. The first-order valence-corrected chi connectivity index (χ1v) is 14.4. The smallest absolute Gasteiger partial charge is 0.354 e. The van der Waals surface area contributed by atoms with E-state index in [1.165, 1.54) is 49.4 Å². The molecule has 12 heteroatoms. The van der Waals surface area contributed by atoms with Crippen LogP contribution in [0.4, 0.5) is 23.2 Å². The van der Waals surface area contributed by atoms with Crippen LogP contribution in [0, 0.1) is 5.82 Å². The molecule has 1 N–H and O–H groups in total. The van der Waals surface area contributed by atoms with E-state index < -0.39 is 57.7 Å². The highest BCUT2D eigenvalue weighted by molar-refractivity contribution is 7.92. The molecule has 41 heavy (non-hydrogen) atoms. The maximum Gasteiger partial charge on any atom is 0.416 e. The molecule has 7 nitrogen and oxygen atoms in total. The van der Waals surface area contributed by atoms with Gasteiger partial charge in [-0.3, -0.25) is 13.9 Å². The van der Waals surface area contributed by atoms with Crippen molar-refractivity contribution in [2.24, 2.45) is 0 Å². The van der Waals surface area contributed by atoms with Crippen LogP contribution in [0.5, 0.6) is 0 Å². The fraction of sp³-hybridized carbons (Fsp3) is 0.310. The number of benzene rings is 3. The van der Waals surface area contributed by atoms with Crippen LogP contribution in [0.15, 0.2) is 83.8 Å². The molecule has 0 aliphatic carbocycles. The normalized spacial score (nSPS) is 12.4. The van der Waals surface area contributed by atoms with Crippen molar-refractivity contribution < 1.29 is 35.6 Å². The second-order valence-electron chi connectivity index (χ2n) is 9.31. The lowest BCUT2D eigenvalue weighted by Gasteiger charge is -2.32. The van der Waals surface area contributed by atoms with Crippen LogP contribution < -0.4 is 9.62 Å². The molecule has 0 bridgehead atoms. The number of carbonyl (C=O) groups excluding carboxylic acids is 2. The highest BCUT2D eigenvalue weighted by Crippen LogP contribution is 2.33. The average Bonchev–Trinajstić information content (AvgIpc) is 2.95. The van der Waals surface area contributed by atoms with Gasteiger partial charge in [0.1, 0.15) is 18.4 Å². The average molecular weight is 594 g/mol. The SMILES string of the molecule is CCCCNC(=O)C(C)N(Cc1ccccc1F)C(=O)CN(c1cccc(C(F)(F)F)c1)S(=O)(=O)c1ccccc1. The second kappa shape index (κ2) is 13.6. The van der Waals surface area contributed by atoms with E-state index in [0.29, 0.717) is 23.3 Å². The second-order valence-corrected chi connectivity index (χ2v) is 11.2. The number of alkyl halides is 3. The van der Waals surface area contributed by atoms with Gasteiger partial charge < -0.3 is 10.2 Å². The van der Waals surface area contributed by atoms with Gasteiger partial charge in [-0.2, -0.15) is 13.2 Å². The zero-order valence-electron chi connectivity index (χ0n) is 22.6. The van der Waals surface area contributed by atoms with Crippen LogP contribution in [0.25, 0.3) is 0 Å². The number of nitrogens with one attached hydrogen (secondary N) is 1. The van der Waals surface area contributed by atoms with Crippen molar-refractivity contribution in [3.63, 3.8) is 0 Å². The Morgan fingerprint density at radius 1 is 0.951 bits per heavy atom. The summed E-state index contributed by atoms with van der Waals surface area (Å²) in [6.45, 7) is 2.36. The predicted molar refractivity (Wildman–Crippen MR) is 147 cm³/mol. The lowest BCUT2D eigenvalue weighted by molar-refractivity contribution is -0.139. The molecule has 0 heterocycles. The Kier molecular flexibility index (Phi) is 10.5. The molecule has 0 aromatic heterocycles. The van der Waals surface area contributed by atoms with E-state index >= 15 is 0 Å². The van der Waals surface area contributed by atoms with Crippen molar-refractivity contribution in [1.82, 2.24) is 10.2 Å². The number of anilines is 1. The van der Waals surface area contributed by atoms with Crippen molar-refractivity contribution in [2.45, 2.75) is 50.3 Å². The molecule has 0 aliphatic rings. The Balaban J connectivity index is 2.06. The molecule has 0 spiro atoms. The molecule has 1 atom stereocenters. The Labute approximate surface area is 236 Å². The van der Waals surface area contributed by atoms with Gasteiger partial charge in [0.05, 0.1) is 16.1 Å². The summed E-state index contributed by atoms with van der Waals surface area (Å²) in [5, 5.41) is 2.70. The third kappa shape index (κ3) is 8.06. The Morgan fingerprint density at radius 2 is 1.61 bits per heavy atom. The fourth-order valence-electron chi connectivity index (χ4n) is 4.01. The van der Waals surface area contributed by atoms with E-state index in [1.807, 2.05) is 6.92 Å². The minimum absolute atomic E-state index is 0.0746. The number of hydrogen-bond acceptors (Lipinski definition) is 4. The molecule has 0 radical (unpaired) electrons. The summed E-state index contributed by atoms with van der Waals surface area (Å²) in [5.74, 6) is -2.10. The zero-order chi connectivity index (χ0) is 30.2. The number of amides is 2. The van der Waals surface area contributed by atoms with Gasteiger partial charge in [0.2, 0.25) is 11.8 Å². The van der Waals surface area contributed by atoms with Gasteiger partial charge in [0, 0.05) is 18.7 Å². The maximum atomic E-state index is 14.6. The van der Waals surface area contributed by atoms with E-state index in [4.69, 9.17) is 0 Å².